The molecule has 1 saturated carbocycles. The summed E-state index contributed by atoms with van der Waals surface area (Å²) in [5, 5.41) is 3.78. The van der Waals surface area contributed by atoms with Crippen molar-refractivity contribution in [2.24, 2.45) is 5.92 Å². The predicted octanol–water partition coefficient (Wildman–Crippen LogP) is 0.653. The van der Waals surface area contributed by atoms with Crippen LogP contribution in [0.3, 0.4) is 0 Å². The minimum Gasteiger partial charge on any atom is -0.439 e. The molecule has 0 spiro atoms. The minimum atomic E-state index is -0.132. The third-order valence-corrected chi connectivity index (χ3v) is 4.13. The fourth-order valence-corrected chi connectivity index (χ4v) is 2.49. The number of hydrogen-bond acceptors (Lipinski definition) is 6. The third-order valence-electron chi connectivity index (χ3n) is 4.13. The topological polar surface area (TPSA) is 88.8 Å². The molecule has 2 heterocycles. The highest BCUT2D eigenvalue weighted by atomic mass is 16.6. The highest BCUT2D eigenvalue weighted by Gasteiger charge is 2.35. The largest absolute Gasteiger partial charge is 0.439 e. The number of carbonyl (C=O) groups excluding carboxylic acids is 2. The Hall–Kier alpha value is -2.12. The van der Waals surface area contributed by atoms with Crippen LogP contribution in [-0.4, -0.2) is 64.5 Å². The van der Waals surface area contributed by atoms with Gasteiger partial charge in [-0.3, -0.25) is 14.1 Å². The van der Waals surface area contributed by atoms with Crippen LogP contribution in [0.5, 0.6) is 6.08 Å². The van der Waals surface area contributed by atoms with E-state index in [4.69, 9.17) is 9.26 Å². The zero-order valence-electron chi connectivity index (χ0n) is 13.5. The van der Waals surface area contributed by atoms with Crippen molar-refractivity contribution in [3.05, 3.63) is 5.82 Å². The van der Waals surface area contributed by atoms with Gasteiger partial charge >= 0.3 is 6.08 Å². The Kier molecular flexibility index (Phi) is 4.49. The molecule has 8 nitrogen and oxygen atoms in total. The van der Waals surface area contributed by atoms with Crippen molar-refractivity contribution in [1.29, 1.82) is 0 Å². The summed E-state index contributed by atoms with van der Waals surface area (Å²) in [6, 6.07) is 0. The molecule has 23 heavy (non-hydrogen) atoms. The molecular formula is C15H22N4O4. The molecule has 0 N–H and O–H groups in total. The summed E-state index contributed by atoms with van der Waals surface area (Å²) in [5.74, 6) is 1.03. The van der Waals surface area contributed by atoms with Gasteiger partial charge in [-0.15, -0.1) is 0 Å². The molecule has 0 unspecified atom stereocenters. The van der Waals surface area contributed by atoms with Crippen molar-refractivity contribution in [2.45, 2.75) is 32.6 Å². The first-order valence-corrected chi connectivity index (χ1v) is 8.07. The van der Waals surface area contributed by atoms with Crippen LogP contribution in [0, 0.1) is 5.92 Å². The lowest BCUT2D eigenvalue weighted by molar-refractivity contribution is -0.141. The lowest BCUT2D eigenvalue weighted by atomic mass is 10.2. The molecule has 3 rings (SSSR count). The molecule has 0 radical (unpaired) electrons. The number of rotatable bonds is 5. The van der Waals surface area contributed by atoms with E-state index in [1.807, 2.05) is 18.7 Å². The summed E-state index contributed by atoms with van der Waals surface area (Å²) >= 11 is 0. The predicted molar refractivity (Wildman–Crippen MR) is 79.8 cm³/mol. The van der Waals surface area contributed by atoms with Crippen LogP contribution in [-0.2, 0) is 9.59 Å². The molecule has 1 aromatic heterocycles. The van der Waals surface area contributed by atoms with Gasteiger partial charge in [-0.05, 0) is 12.8 Å². The number of aromatic nitrogens is 2. The van der Waals surface area contributed by atoms with Gasteiger partial charge in [0.2, 0.25) is 5.91 Å². The van der Waals surface area contributed by atoms with Gasteiger partial charge in [0.05, 0.1) is 0 Å². The van der Waals surface area contributed by atoms with Crippen molar-refractivity contribution in [2.75, 3.05) is 32.8 Å². The summed E-state index contributed by atoms with van der Waals surface area (Å²) in [7, 11) is 0. The quantitative estimate of drug-likeness (QED) is 0.791. The summed E-state index contributed by atoms with van der Waals surface area (Å²) in [5.41, 5.74) is 0. The van der Waals surface area contributed by atoms with Gasteiger partial charge < -0.3 is 14.5 Å². The van der Waals surface area contributed by atoms with Crippen LogP contribution >= 0.6 is 0 Å². The van der Waals surface area contributed by atoms with Crippen LogP contribution in [0.15, 0.2) is 4.52 Å². The highest BCUT2D eigenvalue weighted by molar-refractivity contribution is 5.82. The van der Waals surface area contributed by atoms with Crippen LogP contribution in [0.4, 0.5) is 0 Å². The molecule has 0 aromatic carbocycles. The first kappa shape index (κ1) is 15.8. The lowest BCUT2D eigenvalue weighted by Crippen LogP contribution is -2.52. The maximum Gasteiger partial charge on any atom is 0.417 e. The van der Waals surface area contributed by atoms with E-state index in [9.17, 15) is 9.59 Å². The molecular weight excluding hydrogens is 300 g/mol. The van der Waals surface area contributed by atoms with E-state index >= 15 is 0 Å². The normalized spacial score (nSPS) is 18.4. The van der Waals surface area contributed by atoms with Crippen LogP contribution < -0.4 is 4.74 Å². The van der Waals surface area contributed by atoms with E-state index in [0.717, 1.165) is 12.8 Å². The number of nitrogens with zero attached hydrogens (tertiary/aromatic N) is 4. The van der Waals surface area contributed by atoms with E-state index in [2.05, 4.69) is 10.1 Å². The van der Waals surface area contributed by atoms with E-state index in [0.29, 0.717) is 32.0 Å². The molecule has 2 amide bonds. The molecule has 0 atom stereocenters. The van der Waals surface area contributed by atoms with Gasteiger partial charge in [-0.1, -0.05) is 19.0 Å². The zero-order chi connectivity index (χ0) is 16.4. The molecule has 1 aliphatic carbocycles. The Labute approximate surface area is 134 Å². The number of amides is 2. The SMILES string of the molecule is CC(C)c1noc(OCC(=O)N2CCN(C(=O)C3CC3)CC2)n1. The van der Waals surface area contributed by atoms with Gasteiger partial charge in [0.25, 0.3) is 5.91 Å². The smallest absolute Gasteiger partial charge is 0.417 e. The summed E-state index contributed by atoms with van der Waals surface area (Å²) in [6.45, 7) is 6.04. The Morgan fingerprint density at radius 2 is 1.87 bits per heavy atom. The van der Waals surface area contributed by atoms with Gasteiger partial charge in [0.1, 0.15) is 0 Å². The Morgan fingerprint density at radius 1 is 1.22 bits per heavy atom. The van der Waals surface area contributed by atoms with E-state index in [-0.39, 0.29) is 36.3 Å². The second kappa shape index (κ2) is 6.55. The summed E-state index contributed by atoms with van der Waals surface area (Å²) in [6.07, 6.45) is 2.03. The number of piperazine rings is 1. The van der Waals surface area contributed by atoms with Crippen molar-refractivity contribution < 1.29 is 18.8 Å². The van der Waals surface area contributed by atoms with E-state index in [1.54, 1.807) is 4.90 Å². The molecule has 1 saturated heterocycles. The van der Waals surface area contributed by atoms with Crippen molar-refractivity contribution in [3.8, 4) is 6.08 Å². The Balaban J connectivity index is 1.43. The fraction of sp³-hybridized carbons (Fsp3) is 0.733. The molecule has 2 fully saturated rings. The molecule has 1 aromatic rings. The average molecular weight is 322 g/mol. The number of hydrogen-bond donors (Lipinski definition) is 0. The van der Waals surface area contributed by atoms with Crippen LogP contribution in [0.2, 0.25) is 0 Å². The average Bonchev–Trinajstić information content (AvgIpc) is 3.29. The van der Waals surface area contributed by atoms with Crippen molar-refractivity contribution in [1.82, 2.24) is 19.9 Å². The van der Waals surface area contributed by atoms with Crippen molar-refractivity contribution in [3.63, 3.8) is 0 Å². The fourth-order valence-electron chi connectivity index (χ4n) is 2.49. The van der Waals surface area contributed by atoms with Gasteiger partial charge in [-0.25, -0.2) is 0 Å². The summed E-state index contributed by atoms with van der Waals surface area (Å²) < 4.78 is 10.2. The van der Waals surface area contributed by atoms with Gasteiger partial charge in [0.15, 0.2) is 12.4 Å². The van der Waals surface area contributed by atoms with Crippen molar-refractivity contribution >= 4 is 11.8 Å². The Morgan fingerprint density at radius 3 is 2.43 bits per heavy atom. The van der Waals surface area contributed by atoms with Gasteiger partial charge in [0, 0.05) is 38.0 Å². The van der Waals surface area contributed by atoms with Crippen LogP contribution in [0.25, 0.3) is 0 Å². The molecule has 1 aliphatic heterocycles. The molecule has 8 heteroatoms. The highest BCUT2D eigenvalue weighted by Crippen LogP contribution is 2.31. The first-order valence-electron chi connectivity index (χ1n) is 8.07. The van der Waals surface area contributed by atoms with E-state index < -0.39 is 0 Å². The monoisotopic (exact) mass is 322 g/mol. The Bertz CT molecular complexity index is 574. The maximum atomic E-state index is 12.1. The summed E-state index contributed by atoms with van der Waals surface area (Å²) in [4.78, 5) is 31.7. The standard InChI is InChI=1S/C15H22N4O4/c1-10(2)13-16-15(23-17-13)22-9-12(20)18-5-7-19(8-6-18)14(21)11-3-4-11/h10-11H,3-9H2,1-2H3. The zero-order valence-corrected chi connectivity index (χ0v) is 13.5. The maximum absolute atomic E-state index is 12.1. The second-order valence-corrected chi connectivity index (χ2v) is 6.34. The lowest BCUT2D eigenvalue weighted by Gasteiger charge is -2.34. The molecule has 0 bridgehead atoms. The third kappa shape index (κ3) is 3.80. The number of ether oxygens (including phenoxy) is 1. The molecule has 126 valence electrons. The van der Waals surface area contributed by atoms with Gasteiger partial charge in [-0.2, -0.15) is 4.98 Å². The van der Waals surface area contributed by atoms with Crippen LogP contribution in [0.1, 0.15) is 38.4 Å². The second-order valence-electron chi connectivity index (χ2n) is 6.34. The number of carbonyl (C=O) groups is 2. The first-order chi connectivity index (χ1) is 11.0. The minimum absolute atomic E-state index is 0.0181. The molecule has 2 aliphatic rings. The van der Waals surface area contributed by atoms with E-state index in [1.165, 1.54) is 0 Å².